The predicted molar refractivity (Wildman–Crippen MR) is 179 cm³/mol. The van der Waals surface area contributed by atoms with Gasteiger partial charge in [0.05, 0.1) is 14.2 Å². The predicted octanol–water partition coefficient (Wildman–Crippen LogP) is 8.54. The van der Waals surface area contributed by atoms with Crippen LogP contribution in [-0.2, 0) is 13.1 Å². The van der Waals surface area contributed by atoms with Crippen LogP contribution in [0.5, 0.6) is 23.0 Å². The lowest BCUT2D eigenvalue weighted by Crippen LogP contribution is -2.32. The van der Waals surface area contributed by atoms with Gasteiger partial charge in [-0.3, -0.25) is 0 Å². The molecule has 0 heterocycles. The molecule has 234 valence electrons. The van der Waals surface area contributed by atoms with Gasteiger partial charge < -0.3 is 30.3 Å². The first-order chi connectivity index (χ1) is 20.8. The van der Waals surface area contributed by atoms with E-state index in [1.165, 1.54) is 25.3 Å². The summed E-state index contributed by atoms with van der Waals surface area (Å²) in [4.78, 5) is 0. The van der Waals surface area contributed by atoms with E-state index >= 15 is 0 Å². The minimum atomic E-state index is -0.0389. The van der Waals surface area contributed by atoms with Gasteiger partial charge in [-0.15, -0.1) is 0 Å². The normalized spacial score (nSPS) is 13.4. The molecule has 0 radical (unpaired) electrons. The number of hydrogen-bond acceptors (Lipinski definition) is 6. The molecule has 0 aliphatic heterocycles. The Morgan fingerprint density at radius 3 is 1.20 bits per heavy atom. The summed E-state index contributed by atoms with van der Waals surface area (Å²) in [5.74, 6) is 0.604. The fraction of sp³-hybridized carbons (Fsp3) is 0.368. The zero-order valence-electron chi connectivity index (χ0n) is 27.4. The third kappa shape index (κ3) is 7.74. The zero-order chi connectivity index (χ0) is 32.1. The first kappa shape index (κ1) is 32.9. The summed E-state index contributed by atoms with van der Waals surface area (Å²) in [7, 11) is 3.07. The van der Waals surface area contributed by atoms with E-state index in [2.05, 4.69) is 101 Å². The molecule has 0 saturated heterocycles. The number of ether oxygens (including phenoxy) is 2. The topological polar surface area (TPSA) is 83.0 Å². The smallest absolute Gasteiger partial charge is 0.165 e. The van der Waals surface area contributed by atoms with E-state index in [0.29, 0.717) is 35.7 Å². The van der Waals surface area contributed by atoms with Crippen molar-refractivity contribution in [1.82, 2.24) is 10.6 Å². The van der Waals surface area contributed by atoms with Crippen LogP contribution in [0.25, 0.3) is 11.1 Å². The fourth-order valence-electron chi connectivity index (χ4n) is 5.83. The van der Waals surface area contributed by atoms with Gasteiger partial charge in [0.1, 0.15) is 0 Å². The van der Waals surface area contributed by atoms with Crippen molar-refractivity contribution >= 4 is 0 Å². The average Bonchev–Trinajstić information content (AvgIpc) is 2.98. The van der Waals surface area contributed by atoms with Crippen LogP contribution in [0.1, 0.15) is 75.9 Å². The van der Waals surface area contributed by atoms with Crippen molar-refractivity contribution in [2.45, 2.75) is 66.7 Å². The van der Waals surface area contributed by atoms with Gasteiger partial charge in [-0.25, -0.2) is 0 Å². The van der Waals surface area contributed by atoms with Crippen molar-refractivity contribution in [2.24, 2.45) is 10.8 Å². The van der Waals surface area contributed by atoms with Gasteiger partial charge in [0.15, 0.2) is 23.0 Å². The van der Waals surface area contributed by atoms with E-state index in [4.69, 9.17) is 9.47 Å². The van der Waals surface area contributed by atoms with E-state index in [1.54, 1.807) is 0 Å². The van der Waals surface area contributed by atoms with Crippen molar-refractivity contribution in [3.8, 4) is 34.1 Å². The summed E-state index contributed by atoms with van der Waals surface area (Å²) in [6, 6.07) is 28.5. The van der Waals surface area contributed by atoms with Crippen molar-refractivity contribution in [2.75, 3.05) is 14.2 Å². The van der Waals surface area contributed by atoms with Crippen molar-refractivity contribution < 1.29 is 19.7 Å². The van der Waals surface area contributed by atoms with Crippen molar-refractivity contribution in [3.63, 3.8) is 0 Å². The van der Waals surface area contributed by atoms with Crippen molar-refractivity contribution in [1.29, 1.82) is 0 Å². The first-order valence-corrected chi connectivity index (χ1v) is 15.2. The molecule has 1 unspecified atom stereocenters. The second kappa shape index (κ2) is 13.7. The summed E-state index contributed by atoms with van der Waals surface area (Å²) < 4.78 is 11.2. The fourth-order valence-corrected chi connectivity index (χ4v) is 5.83. The van der Waals surface area contributed by atoms with Gasteiger partial charge in [-0.2, -0.15) is 0 Å². The highest BCUT2D eigenvalue weighted by Crippen LogP contribution is 2.46. The number of phenolic OH excluding ortho intramolecular Hbond substituents is 2. The summed E-state index contributed by atoms with van der Waals surface area (Å²) in [6.45, 7) is 14.4. The Kier molecular flexibility index (Phi) is 10.3. The highest BCUT2D eigenvalue weighted by molar-refractivity contribution is 5.81. The molecule has 0 aromatic heterocycles. The molecule has 0 spiro atoms. The minimum Gasteiger partial charge on any atom is -0.504 e. The Labute approximate surface area is 263 Å². The Hall–Kier alpha value is -4.00. The lowest BCUT2D eigenvalue weighted by Gasteiger charge is -2.32. The molecule has 4 aromatic rings. The quantitative estimate of drug-likeness (QED) is 0.139. The second-order valence-corrected chi connectivity index (χ2v) is 13.6. The van der Waals surface area contributed by atoms with E-state index in [-0.39, 0.29) is 34.4 Å². The maximum Gasteiger partial charge on any atom is 0.165 e. The number of benzene rings is 4. The van der Waals surface area contributed by atoms with E-state index in [0.717, 1.165) is 11.1 Å². The van der Waals surface area contributed by atoms with Crippen LogP contribution < -0.4 is 20.1 Å². The largest absolute Gasteiger partial charge is 0.504 e. The number of rotatable bonds is 11. The van der Waals surface area contributed by atoms with E-state index in [1.807, 2.05) is 36.4 Å². The van der Waals surface area contributed by atoms with Gasteiger partial charge in [-0.05, 0) is 57.3 Å². The van der Waals surface area contributed by atoms with Crippen molar-refractivity contribution in [3.05, 3.63) is 107 Å². The van der Waals surface area contributed by atoms with Crippen LogP contribution in [-0.4, -0.2) is 24.4 Å². The molecule has 0 saturated carbocycles. The number of aromatic hydroxyl groups is 2. The number of methoxy groups -OCH3 is 2. The summed E-state index contributed by atoms with van der Waals surface area (Å²) in [5, 5.41) is 30.0. The maximum absolute atomic E-state index is 11.3. The molecule has 0 aliphatic rings. The van der Waals surface area contributed by atoms with E-state index in [9.17, 15) is 10.2 Å². The molecular formula is C38H48N2O4. The molecule has 4 N–H and O–H groups in total. The Morgan fingerprint density at radius 2 is 0.909 bits per heavy atom. The molecule has 0 aliphatic carbocycles. The molecular weight excluding hydrogens is 548 g/mol. The third-order valence-corrected chi connectivity index (χ3v) is 8.02. The van der Waals surface area contributed by atoms with Crippen LogP contribution in [0.15, 0.2) is 84.9 Å². The van der Waals surface area contributed by atoms with Crippen LogP contribution in [0.4, 0.5) is 0 Å². The lowest BCUT2D eigenvalue weighted by molar-refractivity contribution is 0.270. The first-order valence-electron chi connectivity index (χ1n) is 15.2. The van der Waals surface area contributed by atoms with E-state index < -0.39 is 0 Å². The molecule has 2 atom stereocenters. The number of nitrogens with one attached hydrogen (secondary N) is 2. The molecule has 0 fully saturated rings. The van der Waals surface area contributed by atoms with Gasteiger partial charge in [-0.1, -0.05) is 102 Å². The molecule has 6 heteroatoms. The standard InChI is InChI=1S/C38H48N2O4/c1-37(2,3)35(27-15-11-9-12-16-27)39-23-25-19-29(33(41)31(21-25)43-7)30-20-26(22-32(44-8)34(30)42)24-40-36(38(4,5)6)28-17-13-10-14-18-28/h9-22,35-36,39-42H,23-24H2,1-8H3/t35-,36?/m0/s1. The molecule has 44 heavy (non-hydrogen) atoms. The average molecular weight is 597 g/mol. The molecule has 0 amide bonds. The summed E-state index contributed by atoms with van der Waals surface area (Å²) >= 11 is 0. The summed E-state index contributed by atoms with van der Waals surface area (Å²) in [6.07, 6.45) is 0. The molecule has 4 rings (SSSR count). The SMILES string of the molecule is COc1cc(CNC(c2ccccc2)C(C)(C)C)cc(-c2cc(CN[C@@H](c3ccccc3)C(C)(C)C)cc(OC)c2O)c1O. The Bertz CT molecular complexity index is 1410. The third-order valence-electron chi connectivity index (χ3n) is 8.02. The Balaban J connectivity index is 1.70. The minimum absolute atomic E-state index is 0.0361. The highest BCUT2D eigenvalue weighted by Gasteiger charge is 2.28. The lowest BCUT2D eigenvalue weighted by atomic mass is 9.82. The van der Waals surface area contributed by atoms with Crippen LogP contribution in [0.2, 0.25) is 0 Å². The maximum atomic E-state index is 11.3. The second-order valence-electron chi connectivity index (χ2n) is 13.6. The summed E-state index contributed by atoms with van der Waals surface area (Å²) in [5.41, 5.74) is 5.11. The van der Waals surface area contributed by atoms with Gasteiger partial charge in [0.25, 0.3) is 0 Å². The van der Waals surface area contributed by atoms with Crippen LogP contribution >= 0.6 is 0 Å². The highest BCUT2D eigenvalue weighted by atomic mass is 16.5. The molecule has 4 aromatic carbocycles. The van der Waals surface area contributed by atoms with Crippen LogP contribution in [0, 0.1) is 10.8 Å². The van der Waals surface area contributed by atoms with Gasteiger partial charge in [0.2, 0.25) is 0 Å². The van der Waals surface area contributed by atoms with Gasteiger partial charge in [0, 0.05) is 36.3 Å². The number of hydrogen-bond donors (Lipinski definition) is 4. The number of phenols is 2. The monoisotopic (exact) mass is 596 g/mol. The Morgan fingerprint density at radius 1 is 0.568 bits per heavy atom. The van der Waals surface area contributed by atoms with Gasteiger partial charge >= 0.3 is 0 Å². The zero-order valence-corrected chi connectivity index (χ0v) is 27.4. The molecule has 6 nitrogen and oxygen atoms in total. The van der Waals surface area contributed by atoms with Crippen LogP contribution in [0.3, 0.4) is 0 Å². The molecule has 0 bridgehead atoms.